The SMILES string of the molecule is CCOc1ccc(/C(O)=C2\C(=O)C(=O)N(CCCOC(C)C)C2c2ccccc2F)c(OCC)c1. The van der Waals surface area contributed by atoms with E-state index in [2.05, 4.69) is 0 Å². The highest BCUT2D eigenvalue weighted by atomic mass is 19.1. The summed E-state index contributed by atoms with van der Waals surface area (Å²) in [5, 5.41) is 11.3. The van der Waals surface area contributed by atoms with Gasteiger partial charge in [-0.3, -0.25) is 9.59 Å². The molecule has 0 bridgehead atoms. The van der Waals surface area contributed by atoms with E-state index in [1.807, 2.05) is 20.8 Å². The molecule has 2 aromatic carbocycles. The van der Waals surface area contributed by atoms with E-state index in [0.29, 0.717) is 37.7 Å². The maximum Gasteiger partial charge on any atom is 0.295 e. The molecular formula is C27H32FNO6. The summed E-state index contributed by atoms with van der Waals surface area (Å²) in [6.07, 6.45) is 0.466. The molecule has 35 heavy (non-hydrogen) atoms. The molecule has 2 aromatic rings. The van der Waals surface area contributed by atoms with Gasteiger partial charge in [-0.05, 0) is 52.3 Å². The van der Waals surface area contributed by atoms with E-state index in [1.165, 1.54) is 23.1 Å². The molecule has 8 heteroatoms. The van der Waals surface area contributed by atoms with E-state index in [9.17, 15) is 19.1 Å². The standard InChI is InChI=1S/C27H32FNO6/c1-5-33-18-12-13-20(22(16-18)34-6-2)25(30)23-24(19-10-7-8-11-21(19)28)29(27(32)26(23)31)14-9-15-35-17(3)4/h7-8,10-13,16-17,24,30H,5-6,9,14-15H2,1-4H3/b25-23+. The quantitative estimate of drug-likeness (QED) is 0.212. The number of hydrogen-bond donors (Lipinski definition) is 1. The van der Waals surface area contributed by atoms with Crippen LogP contribution in [0.2, 0.25) is 0 Å². The van der Waals surface area contributed by atoms with Crippen LogP contribution in [0.5, 0.6) is 11.5 Å². The lowest BCUT2D eigenvalue weighted by atomic mass is 9.94. The molecule has 1 aliphatic heterocycles. The minimum atomic E-state index is -1.09. The number of benzene rings is 2. The van der Waals surface area contributed by atoms with Crippen LogP contribution in [0.1, 0.15) is 51.3 Å². The van der Waals surface area contributed by atoms with Gasteiger partial charge < -0.3 is 24.2 Å². The van der Waals surface area contributed by atoms with Gasteiger partial charge >= 0.3 is 0 Å². The van der Waals surface area contributed by atoms with Crippen molar-refractivity contribution in [2.75, 3.05) is 26.4 Å². The number of rotatable bonds is 11. The Balaban J connectivity index is 2.11. The summed E-state index contributed by atoms with van der Waals surface area (Å²) in [5.41, 5.74) is 0.162. The number of halogens is 1. The topological polar surface area (TPSA) is 85.3 Å². The molecule has 0 radical (unpaired) electrons. The van der Waals surface area contributed by atoms with Crippen LogP contribution in [0.4, 0.5) is 4.39 Å². The van der Waals surface area contributed by atoms with E-state index in [0.717, 1.165) is 0 Å². The molecule has 1 fully saturated rings. The first-order valence-corrected chi connectivity index (χ1v) is 11.8. The van der Waals surface area contributed by atoms with Crippen LogP contribution >= 0.6 is 0 Å². The fourth-order valence-electron chi connectivity index (χ4n) is 4.06. The minimum absolute atomic E-state index is 0.0180. The lowest BCUT2D eigenvalue weighted by molar-refractivity contribution is -0.140. The molecule has 3 rings (SSSR count). The second-order valence-corrected chi connectivity index (χ2v) is 8.31. The highest BCUT2D eigenvalue weighted by Crippen LogP contribution is 2.42. The lowest BCUT2D eigenvalue weighted by Gasteiger charge is -2.26. The summed E-state index contributed by atoms with van der Waals surface area (Å²) in [6.45, 7) is 8.71. The molecule has 0 spiro atoms. The van der Waals surface area contributed by atoms with Crippen molar-refractivity contribution in [1.29, 1.82) is 0 Å². The van der Waals surface area contributed by atoms with Crippen LogP contribution < -0.4 is 9.47 Å². The van der Waals surface area contributed by atoms with Crippen LogP contribution in [-0.4, -0.2) is 54.2 Å². The zero-order chi connectivity index (χ0) is 25.5. The molecule has 1 aliphatic rings. The van der Waals surface area contributed by atoms with Gasteiger partial charge in [-0.15, -0.1) is 0 Å². The summed E-state index contributed by atoms with van der Waals surface area (Å²) >= 11 is 0. The number of ether oxygens (including phenoxy) is 3. The average Bonchev–Trinajstić information content (AvgIpc) is 3.07. The first-order valence-electron chi connectivity index (χ1n) is 11.8. The number of carbonyl (C=O) groups excluding carboxylic acids is 2. The first kappa shape index (κ1) is 26.2. The van der Waals surface area contributed by atoms with Crippen molar-refractivity contribution in [1.82, 2.24) is 4.90 Å². The molecule has 0 aliphatic carbocycles. The van der Waals surface area contributed by atoms with Gasteiger partial charge in [-0.1, -0.05) is 18.2 Å². The third kappa shape index (κ3) is 5.82. The van der Waals surface area contributed by atoms with Gasteiger partial charge in [0.05, 0.1) is 36.5 Å². The number of Topliss-reactive ketones (excluding diaryl/α,β-unsaturated/α-hetero) is 1. The van der Waals surface area contributed by atoms with E-state index in [-0.39, 0.29) is 29.3 Å². The van der Waals surface area contributed by atoms with Gasteiger partial charge in [0.2, 0.25) is 0 Å². The molecule has 188 valence electrons. The molecule has 1 amide bonds. The Morgan fingerprint density at radius 3 is 2.46 bits per heavy atom. The van der Waals surface area contributed by atoms with E-state index in [4.69, 9.17) is 14.2 Å². The molecule has 1 unspecified atom stereocenters. The second kappa shape index (κ2) is 11.8. The predicted octanol–water partition coefficient (Wildman–Crippen LogP) is 4.86. The number of aliphatic hydroxyl groups is 1. The molecule has 0 aromatic heterocycles. The summed E-state index contributed by atoms with van der Waals surface area (Å²) < 4.78 is 31.7. The van der Waals surface area contributed by atoms with Crippen molar-refractivity contribution in [3.63, 3.8) is 0 Å². The second-order valence-electron chi connectivity index (χ2n) is 8.31. The van der Waals surface area contributed by atoms with E-state index >= 15 is 0 Å². The van der Waals surface area contributed by atoms with Crippen molar-refractivity contribution in [3.8, 4) is 11.5 Å². The first-order chi connectivity index (χ1) is 16.8. The Hall–Kier alpha value is -3.39. The van der Waals surface area contributed by atoms with Crippen LogP contribution in [0, 0.1) is 5.82 Å². The van der Waals surface area contributed by atoms with E-state index in [1.54, 1.807) is 31.2 Å². The fourth-order valence-corrected chi connectivity index (χ4v) is 4.06. The number of likely N-dealkylation sites (tertiary alicyclic amines) is 1. The van der Waals surface area contributed by atoms with Crippen molar-refractivity contribution in [3.05, 3.63) is 65.0 Å². The number of carbonyl (C=O) groups is 2. The summed E-state index contributed by atoms with van der Waals surface area (Å²) in [4.78, 5) is 27.5. The Labute approximate surface area is 205 Å². The van der Waals surface area contributed by atoms with Gasteiger partial charge in [-0.25, -0.2) is 4.39 Å². The lowest BCUT2D eigenvalue weighted by Crippen LogP contribution is -2.31. The maximum atomic E-state index is 14.9. The molecular weight excluding hydrogens is 453 g/mol. The number of hydrogen-bond acceptors (Lipinski definition) is 6. The maximum absolute atomic E-state index is 14.9. The third-order valence-electron chi connectivity index (χ3n) is 5.55. The number of ketones is 1. The molecule has 0 saturated carbocycles. The number of aliphatic hydroxyl groups excluding tert-OH is 1. The van der Waals surface area contributed by atoms with Crippen molar-refractivity contribution < 1.29 is 33.3 Å². The van der Waals surface area contributed by atoms with Crippen molar-refractivity contribution in [2.45, 2.75) is 46.3 Å². The van der Waals surface area contributed by atoms with Crippen LogP contribution in [0.25, 0.3) is 5.76 Å². The number of amides is 1. The molecule has 1 heterocycles. The van der Waals surface area contributed by atoms with Crippen LogP contribution in [-0.2, 0) is 14.3 Å². The van der Waals surface area contributed by atoms with Crippen molar-refractivity contribution in [2.24, 2.45) is 0 Å². The van der Waals surface area contributed by atoms with Crippen LogP contribution in [0.3, 0.4) is 0 Å². The summed E-state index contributed by atoms with van der Waals surface area (Å²) in [6, 6.07) is 9.66. The Bertz CT molecular complexity index is 1100. The summed E-state index contributed by atoms with van der Waals surface area (Å²) in [5.74, 6) is -1.86. The third-order valence-corrected chi connectivity index (χ3v) is 5.55. The van der Waals surface area contributed by atoms with Gasteiger partial charge in [0.1, 0.15) is 23.1 Å². The zero-order valence-corrected chi connectivity index (χ0v) is 20.5. The monoisotopic (exact) mass is 485 g/mol. The van der Waals surface area contributed by atoms with Gasteiger partial charge in [-0.2, -0.15) is 0 Å². The largest absolute Gasteiger partial charge is 0.507 e. The van der Waals surface area contributed by atoms with Gasteiger partial charge in [0, 0.05) is 24.8 Å². The van der Waals surface area contributed by atoms with Crippen LogP contribution in [0.15, 0.2) is 48.0 Å². The Kier molecular flexibility index (Phi) is 8.87. The molecule has 1 N–H and O–H groups in total. The van der Waals surface area contributed by atoms with E-state index < -0.39 is 29.3 Å². The fraction of sp³-hybridized carbons (Fsp3) is 0.407. The average molecular weight is 486 g/mol. The highest BCUT2D eigenvalue weighted by molar-refractivity contribution is 6.46. The Morgan fingerprint density at radius 2 is 1.80 bits per heavy atom. The number of nitrogens with zero attached hydrogens (tertiary/aromatic N) is 1. The molecule has 1 saturated heterocycles. The smallest absolute Gasteiger partial charge is 0.295 e. The summed E-state index contributed by atoms with van der Waals surface area (Å²) in [7, 11) is 0. The highest BCUT2D eigenvalue weighted by Gasteiger charge is 2.47. The molecule has 1 atom stereocenters. The zero-order valence-electron chi connectivity index (χ0n) is 20.5. The predicted molar refractivity (Wildman–Crippen MR) is 130 cm³/mol. The Morgan fingerprint density at radius 1 is 1.09 bits per heavy atom. The van der Waals surface area contributed by atoms with Gasteiger partial charge in [0.25, 0.3) is 11.7 Å². The van der Waals surface area contributed by atoms with Crippen molar-refractivity contribution >= 4 is 17.4 Å². The normalized spacial score (nSPS) is 17.3. The molecule has 7 nitrogen and oxygen atoms in total. The van der Waals surface area contributed by atoms with Gasteiger partial charge in [0.15, 0.2) is 0 Å². The minimum Gasteiger partial charge on any atom is -0.507 e.